The van der Waals surface area contributed by atoms with Gasteiger partial charge in [-0.15, -0.1) is 11.3 Å². The van der Waals surface area contributed by atoms with Crippen molar-refractivity contribution < 1.29 is 17.9 Å². The van der Waals surface area contributed by atoms with Crippen LogP contribution in [0.1, 0.15) is 18.4 Å². The molecule has 0 spiro atoms. The summed E-state index contributed by atoms with van der Waals surface area (Å²) in [4.78, 5) is 12.3. The van der Waals surface area contributed by atoms with Gasteiger partial charge in [0.15, 0.2) is 0 Å². The lowest BCUT2D eigenvalue weighted by Gasteiger charge is -2.30. The molecule has 1 aromatic carbocycles. The number of nitrogens with zero attached hydrogens (tertiary/aromatic N) is 1. The number of piperidine rings is 1. The molecule has 0 bridgehead atoms. The van der Waals surface area contributed by atoms with Crippen molar-refractivity contribution in [3.8, 4) is 5.75 Å². The number of carbonyl (C=O) groups is 1. The third-order valence-corrected chi connectivity index (χ3v) is 8.41. The second-order valence-electron chi connectivity index (χ2n) is 6.66. The molecule has 1 amide bonds. The van der Waals surface area contributed by atoms with Gasteiger partial charge in [0, 0.05) is 24.0 Å². The summed E-state index contributed by atoms with van der Waals surface area (Å²) in [7, 11) is -3.44. The number of nitrogens with one attached hydrogen (secondary N) is 1. The van der Waals surface area contributed by atoms with E-state index in [1.807, 2.05) is 19.1 Å². The smallest absolute Gasteiger partial charge is 0.252 e. The predicted molar refractivity (Wildman–Crippen MR) is 110 cm³/mol. The van der Waals surface area contributed by atoms with Crippen molar-refractivity contribution >= 4 is 38.9 Å². The maximum Gasteiger partial charge on any atom is 0.252 e. The Morgan fingerprint density at radius 3 is 2.71 bits per heavy atom. The summed E-state index contributed by atoms with van der Waals surface area (Å²) in [6.45, 7) is 3.37. The first-order chi connectivity index (χ1) is 13.4. The average molecular weight is 443 g/mol. The first-order valence-electron chi connectivity index (χ1n) is 9.08. The zero-order valence-electron chi connectivity index (χ0n) is 15.6. The summed E-state index contributed by atoms with van der Waals surface area (Å²) in [6, 6.07) is 8.81. The Labute approximate surface area is 174 Å². The molecule has 1 saturated heterocycles. The lowest BCUT2D eigenvalue weighted by atomic mass is 9.97. The third kappa shape index (κ3) is 5.05. The van der Waals surface area contributed by atoms with Crippen LogP contribution in [0, 0.1) is 12.8 Å². The second-order valence-corrected chi connectivity index (χ2v) is 10.2. The van der Waals surface area contributed by atoms with Crippen LogP contribution in [0.4, 0.5) is 0 Å². The van der Waals surface area contributed by atoms with Crippen LogP contribution in [-0.2, 0) is 14.8 Å². The lowest BCUT2D eigenvalue weighted by molar-refractivity contribution is -0.126. The molecule has 1 fully saturated rings. The molecule has 9 heteroatoms. The van der Waals surface area contributed by atoms with E-state index in [4.69, 9.17) is 16.3 Å². The molecule has 3 rings (SSSR count). The Bertz CT molecular complexity index is 908. The Balaban J connectivity index is 1.41. The fraction of sp³-hybridized carbons (Fsp3) is 0.421. The quantitative estimate of drug-likeness (QED) is 0.667. The SMILES string of the molecule is Cc1ccc(OCCNC(=O)C2CCN(S(=O)(=O)c3cccs3)CC2)cc1Cl. The highest BCUT2D eigenvalue weighted by Crippen LogP contribution is 2.26. The van der Waals surface area contributed by atoms with E-state index in [0.717, 1.165) is 5.56 Å². The molecule has 0 aliphatic carbocycles. The summed E-state index contributed by atoms with van der Waals surface area (Å²) in [5.41, 5.74) is 0.981. The van der Waals surface area contributed by atoms with Gasteiger partial charge in [0.2, 0.25) is 5.91 Å². The number of aryl methyl sites for hydroxylation is 1. The van der Waals surface area contributed by atoms with Crippen LogP contribution in [0.5, 0.6) is 5.75 Å². The maximum absolute atomic E-state index is 12.5. The minimum atomic E-state index is -3.44. The summed E-state index contributed by atoms with van der Waals surface area (Å²) in [6.07, 6.45) is 1.04. The molecule has 1 aliphatic heterocycles. The predicted octanol–water partition coefficient (Wildman–Crippen LogP) is 3.31. The van der Waals surface area contributed by atoms with E-state index >= 15 is 0 Å². The Morgan fingerprint density at radius 1 is 1.32 bits per heavy atom. The van der Waals surface area contributed by atoms with Crippen molar-refractivity contribution in [1.29, 1.82) is 0 Å². The first kappa shape index (κ1) is 21.1. The van der Waals surface area contributed by atoms with E-state index in [-0.39, 0.29) is 11.8 Å². The molecule has 0 saturated carbocycles. The fourth-order valence-electron chi connectivity index (χ4n) is 3.05. The van der Waals surface area contributed by atoms with E-state index < -0.39 is 10.0 Å². The number of hydrogen-bond acceptors (Lipinski definition) is 5. The molecule has 1 N–H and O–H groups in total. The van der Waals surface area contributed by atoms with Gasteiger partial charge < -0.3 is 10.1 Å². The normalized spacial score (nSPS) is 16.1. The Hall–Kier alpha value is -1.61. The van der Waals surface area contributed by atoms with Crippen LogP contribution < -0.4 is 10.1 Å². The minimum absolute atomic E-state index is 0.0567. The minimum Gasteiger partial charge on any atom is -0.492 e. The summed E-state index contributed by atoms with van der Waals surface area (Å²) in [5, 5.41) is 5.26. The summed E-state index contributed by atoms with van der Waals surface area (Å²) in [5.74, 6) is 0.430. The molecule has 1 aromatic heterocycles. The van der Waals surface area contributed by atoms with Crippen LogP contribution >= 0.6 is 22.9 Å². The van der Waals surface area contributed by atoms with Gasteiger partial charge in [0.25, 0.3) is 10.0 Å². The van der Waals surface area contributed by atoms with Crippen molar-refractivity contribution in [3.63, 3.8) is 0 Å². The number of rotatable bonds is 7. The van der Waals surface area contributed by atoms with Crippen LogP contribution in [0.2, 0.25) is 5.02 Å². The largest absolute Gasteiger partial charge is 0.492 e. The van der Waals surface area contributed by atoms with Crippen molar-refractivity contribution in [2.24, 2.45) is 5.92 Å². The average Bonchev–Trinajstić information content (AvgIpc) is 3.23. The molecular weight excluding hydrogens is 420 g/mol. The van der Waals surface area contributed by atoms with Gasteiger partial charge in [-0.3, -0.25) is 4.79 Å². The van der Waals surface area contributed by atoms with Crippen LogP contribution in [0.15, 0.2) is 39.9 Å². The molecule has 152 valence electrons. The first-order valence-corrected chi connectivity index (χ1v) is 11.8. The fourth-order valence-corrected chi connectivity index (χ4v) is 5.83. The van der Waals surface area contributed by atoms with E-state index in [0.29, 0.717) is 54.1 Å². The van der Waals surface area contributed by atoms with Crippen LogP contribution in [0.25, 0.3) is 0 Å². The summed E-state index contributed by atoms with van der Waals surface area (Å²) < 4.78 is 32.5. The number of benzene rings is 1. The summed E-state index contributed by atoms with van der Waals surface area (Å²) >= 11 is 7.27. The molecule has 0 atom stereocenters. The van der Waals surface area contributed by atoms with Gasteiger partial charge in [-0.05, 0) is 48.9 Å². The second kappa shape index (κ2) is 9.26. The lowest BCUT2D eigenvalue weighted by Crippen LogP contribution is -2.43. The monoisotopic (exact) mass is 442 g/mol. The number of thiophene rings is 1. The highest BCUT2D eigenvalue weighted by atomic mass is 35.5. The number of carbonyl (C=O) groups excluding carboxylic acids is 1. The van der Waals surface area contributed by atoms with Gasteiger partial charge in [-0.1, -0.05) is 23.7 Å². The van der Waals surface area contributed by atoms with Crippen molar-refractivity contribution in [3.05, 3.63) is 46.3 Å². The van der Waals surface area contributed by atoms with E-state index in [9.17, 15) is 13.2 Å². The van der Waals surface area contributed by atoms with Gasteiger partial charge >= 0.3 is 0 Å². The number of halogens is 1. The standard InChI is InChI=1S/C19H23ClN2O4S2/c1-14-4-5-16(13-17(14)20)26-11-8-21-19(23)15-6-9-22(10-7-15)28(24,25)18-3-2-12-27-18/h2-5,12-13,15H,6-11H2,1H3,(H,21,23). The third-order valence-electron chi connectivity index (χ3n) is 4.73. The van der Waals surface area contributed by atoms with Crippen molar-refractivity contribution in [1.82, 2.24) is 9.62 Å². The number of amides is 1. The highest BCUT2D eigenvalue weighted by Gasteiger charge is 2.32. The van der Waals surface area contributed by atoms with Gasteiger partial charge in [0.05, 0.1) is 6.54 Å². The van der Waals surface area contributed by atoms with E-state index in [2.05, 4.69) is 5.32 Å². The molecule has 1 aliphatic rings. The van der Waals surface area contributed by atoms with Gasteiger partial charge in [-0.25, -0.2) is 8.42 Å². The molecule has 2 heterocycles. The van der Waals surface area contributed by atoms with E-state index in [1.54, 1.807) is 23.6 Å². The Morgan fingerprint density at radius 2 is 2.07 bits per heavy atom. The zero-order chi connectivity index (χ0) is 20.1. The van der Waals surface area contributed by atoms with Crippen molar-refractivity contribution in [2.75, 3.05) is 26.2 Å². The topological polar surface area (TPSA) is 75.7 Å². The number of sulfonamides is 1. The Kier molecular flexibility index (Phi) is 6.98. The molecule has 0 radical (unpaired) electrons. The maximum atomic E-state index is 12.5. The van der Waals surface area contributed by atoms with E-state index in [1.165, 1.54) is 15.6 Å². The molecule has 2 aromatic rings. The molecule has 6 nitrogen and oxygen atoms in total. The van der Waals surface area contributed by atoms with Crippen molar-refractivity contribution in [2.45, 2.75) is 24.0 Å². The van der Waals surface area contributed by atoms with Gasteiger partial charge in [0.1, 0.15) is 16.6 Å². The van der Waals surface area contributed by atoms with Crippen LogP contribution in [0.3, 0.4) is 0 Å². The number of ether oxygens (including phenoxy) is 1. The molecule has 28 heavy (non-hydrogen) atoms. The number of hydrogen-bond donors (Lipinski definition) is 1. The van der Waals surface area contributed by atoms with Gasteiger partial charge in [-0.2, -0.15) is 4.31 Å². The zero-order valence-corrected chi connectivity index (χ0v) is 17.9. The highest BCUT2D eigenvalue weighted by molar-refractivity contribution is 7.91. The van der Waals surface area contributed by atoms with Crippen LogP contribution in [-0.4, -0.2) is 44.9 Å². The molecule has 0 unspecified atom stereocenters. The molecular formula is C19H23ClN2O4S2.